The van der Waals surface area contributed by atoms with Gasteiger partial charge in [-0.25, -0.2) is 0 Å². The fraction of sp³-hybridized carbons (Fsp3) is 0.0566. The van der Waals surface area contributed by atoms with E-state index in [9.17, 15) is 0 Å². The molecule has 9 aromatic carbocycles. The molecule has 11 aromatic rings. The number of benzene rings is 9. The first kappa shape index (κ1) is 30.6. The van der Waals surface area contributed by atoms with Crippen LogP contribution in [0.5, 0.6) is 0 Å². The second-order valence-corrected chi connectivity index (χ2v) is 15.7. The first-order chi connectivity index (χ1) is 27.0. The standard InChI is InChI=1S/C53H36N2/c1-53(2)44-19-9-7-18-41(44)51-45(53)26-29-50-52(51)43-32-37(24-28-49(43)54(50)38-25-22-33-12-3-4-14-35(33)30-38)36-23-27-48-42(31-36)40-17-8-10-20-47(40)55(48)46-21-11-15-34-13-5-6-16-39(34)46/h3-32H,1-2H3. The Labute approximate surface area is 319 Å². The topological polar surface area (TPSA) is 9.86 Å². The first-order valence-corrected chi connectivity index (χ1v) is 19.3. The first-order valence-electron chi connectivity index (χ1n) is 19.3. The summed E-state index contributed by atoms with van der Waals surface area (Å²) in [6, 6.07) is 67.6. The molecule has 0 atom stereocenters. The van der Waals surface area contributed by atoms with Crippen molar-refractivity contribution >= 4 is 65.2 Å². The quantitative estimate of drug-likeness (QED) is 0.174. The van der Waals surface area contributed by atoms with Crippen LogP contribution in [0.4, 0.5) is 0 Å². The lowest BCUT2D eigenvalue weighted by Crippen LogP contribution is -2.14. The Kier molecular flexibility index (Phi) is 6.15. The molecule has 0 aliphatic heterocycles. The molecule has 1 aliphatic carbocycles. The van der Waals surface area contributed by atoms with Crippen molar-refractivity contribution in [2.24, 2.45) is 0 Å². The van der Waals surface area contributed by atoms with Gasteiger partial charge >= 0.3 is 0 Å². The van der Waals surface area contributed by atoms with E-state index in [0.29, 0.717) is 0 Å². The number of nitrogens with zero attached hydrogens (tertiary/aromatic N) is 2. The van der Waals surface area contributed by atoms with E-state index in [2.05, 4.69) is 205 Å². The van der Waals surface area contributed by atoms with Crippen molar-refractivity contribution in [3.05, 3.63) is 193 Å². The molecule has 12 rings (SSSR count). The molecule has 0 unspecified atom stereocenters. The number of hydrogen-bond donors (Lipinski definition) is 0. The van der Waals surface area contributed by atoms with Gasteiger partial charge in [0, 0.05) is 38.0 Å². The number of para-hydroxylation sites is 1. The maximum absolute atomic E-state index is 2.48. The predicted octanol–water partition coefficient (Wildman–Crippen LogP) is 14.2. The molecule has 0 fully saturated rings. The van der Waals surface area contributed by atoms with Crippen LogP contribution in [0.15, 0.2) is 182 Å². The van der Waals surface area contributed by atoms with Gasteiger partial charge in [-0.2, -0.15) is 0 Å². The Bertz CT molecular complexity index is 3400. The lowest BCUT2D eigenvalue weighted by atomic mass is 9.82. The van der Waals surface area contributed by atoms with Gasteiger partial charge in [0.15, 0.2) is 0 Å². The molecular weight excluding hydrogens is 665 g/mol. The van der Waals surface area contributed by atoms with Crippen LogP contribution in [0.1, 0.15) is 25.0 Å². The normalized spacial score (nSPS) is 13.4. The molecule has 0 saturated carbocycles. The molecule has 0 saturated heterocycles. The smallest absolute Gasteiger partial charge is 0.0547 e. The molecule has 0 radical (unpaired) electrons. The Morgan fingerprint density at radius 2 is 1.02 bits per heavy atom. The van der Waals surface area contributed by atoms with E-state index >= 15 is 0 Å². The van der Waals surface area contributed by atoms with E-state index in [4.69, 9.17) is 0 Å². The summed E-state index contributed by atoms with van der Waals surface area (Å²) in [5.41, 5.74) is 15.1. The maximum Gasteiger partial charge on any atom is 0.0547 e. The highest BCUT2D eigenvalue weighted by molar-refractivity contribution is 6.19. The second-order valence-electron chi connectivity index (χ2n) is 15.7. The van der Waals surface area contributed by atoms with Crippen LogP contribution in [0.3, 0.4) is 0 Å². The molecule has 1 aliphatic rings. The predicted molar refractivity (Wildman–Crippen MR) is 233 cm³/mol. The molecule has 0 amide bonds. The monoisotopic (exact) mass is 700 g/mol. The van der Waals surface area contributed by atoms with Crippen LogP contribution in [0.2, 0.25) is 0 Å². The zero-order chi connectivity index (χ0) is 36.4. The van der Waals surface area contributed by atoms with Crippen molar-refractivity contribution in [3.8, 4) is 33.6 Å². The zero-order valence-electron chi connectivity index (χ0n) is 30.7. The molecule has 2 aromatic heterocycles. The van der Waals surface area contributed by atoms with Gasteiger partial charge < -0.3 is 9.13 Å². The van der Waals surface area contributed by atoms with Gasteiger partial charge in [-0.05, 0) is 104 Å². The summed E-state index contributed by atoms with van der Waals surface area (Å²) in [6.07, 6.45) is 0. The molecule has 2 heteroatoms. The van der Waals surface area contributed by atoms with Crippen molar-refractivity contribution in [1.82, 2.24) is 9.13 Å². The van der Waals surface area contributed by atoms with Crippen LogP contribution in [-0.2, 0) is 5.41 Å². The summed E-state index contributed by atoms with van der Waals surface area (Å²) in [5.74, 6) is 0. The minimum absolute atomic E-state index is 0.0849. The third kappa shape index (κ3) is 4.20. The third-order valence-corrected chi connectivity index (χ3v) is 12.5. The van der Waals surface area contributed by atoms with E-state index in [1.54, 1.807) is 0 Å². The van der Waals surface area contributed by atoms with Gasteiger partial charge in [0.1, 0.15) is 0 Å². The second kappa shape index (κ2) is 11.1. The van der Waals surface area contributed by atoms with Crippen LogP contribution >= 0.6 is 0 Å². The van der Waals surface area contributed by atoms with Gasteiger partial charge in [0.05, 0.1) is 27.8 Å². The molecule has 55 heavy (non-hydrogen) atoms. The summed E-state index contributed by atoms with van der Waals surface area (Å²) >= 11 is 0. The highest BCUT2D eigenvalue weighted by Gasteiger charge is 2.37. The van der Waals surface area contributed by atoms with Gasteiger partial charge in [-0.3, -0.25) is 0 Å². The fourth-order valence-corrected chi connectivity index (χ4v) is 9.89. The van der Waals surface area contributed by atoms with E-state index in [0.717, 1.165) is 0 Å². The third-order valence-electron chi connectivity index (χ3n) is 12.5. The summed E-state index contributed by atoms with van der Waals surface area (Å²) in [7, 11) is 0. The Hall–Kier alpha value is -6.90. The molecule has 0 N–H and O–H groups in total. The number of hydrogen-bond acceptors (Lipinski definition) is 0. The van der Waals surface area contributed by atoms with E-state index in [1.165, 1.54) is 110 Å². The molecule has 0 spiro atoms. The highest BCUT2D eigenvalue weighted by atomic mass is 15.0. The van der Waals surface area contributed by atoms with E-state index < -0.39 is 0 Å². The van der Waals surface area contributed by atoms with Gasteiger partial charge in [0.2, 0.25) is 0 Å². The Morgan fingerprint density at radius 3 is 1.87 bits per heavy atom. The molecular formula is C53H36N2. The minimum atomic E-state index is -0.0849. The maximum atomic E-state index is 2.48. The number of aromatic nitrogens is 2. The van der Waals surface area contributed by atoms with Crippen molar-refractivity contribution in [3.63, 3.8) is 0 Å². The molecule has 2 nitrogen and oxygen atoms in total. The van der Waals surface area contributed by atoms with Gasteiger partial charge in [-0.1, -0.05) is 141 Å². The minimum Gasteiger partial charge on any atom is -0.309 e. The molecule has 258 valence electrons. The SMILES string of the molecule is CC1(C)c2ccccc2-c2c1ccc1c2c2cc(-c3ccc4c(c3)c3ccccc3n4-c3cccc4ccccc34)ccc2n1-c1ccc2ccccc2c1. The lowest BCUT2D eigenvalue weighted by Gasteiger charge is -2.21. The summed E-state index contributed by atoms with van der Waals surface area (Å²) in [6.45, 7) is 4.75. The van der Waals surface area contributed by atoms with Crippen LogP contribution in [0.25, 0.3) is 98.8 Å². The van der Waals surface area contributed by atoms with Crippen molar-refractivity contribution in [2.75, 3.05) is 0 Å². The summed E-state index contributed by atoms with van der Waals surface area (Å²) in [5, 5.41) is 10.1. The van der Waals surface area contributed by atoms with Gasteiger partial charge in [0.25, 0.3) is 0 Å². The largest absolute Gasteiger partial charge is 0.309 e. The highest BCUT2D eigenvalue weighted by Crippen LogP contribution is 2.53. The van der Waals surface area contributed by atoms with E-state index in [1.807, 2.05) is 0 Å². The van der Waals surface area contributed by atoms with Crippen molar-refractivity contribution in [1.29, 1.82) is 0 Å². The molecule has 0 bridgehead atoms. The van der Waals surface area contributed by atoms with E-state index in [-0.39, 0.29) is 5.41 Å². The van der Waals surface area contributed by atoms with Crippen molar-refractivity contribution in [2.45, 2.75) is 19.3 Å². The molecule has 2 heterocycles. The van der Waals surface area contributed by atoms with Crippen LogP contribution < -0.4 is 0 Å². The van der Waals surface area contributed by atoms with Gasteiger partial charge in [-0.15, -0.1) is 0 Å². The summed E-state index contributed by atoms with van der Waals surface area (Å²) in [4.78, 5) is 0. The Balaban J connectivity index is 1.13. The average Bonchev–Trinajstić information content (AvgIpc) is 3.83. The zero-order valence-corrected chi connectivity index (χ0v) is 30.7. The number of rotatable bonds is 3. The van der Waals surface area contributed by atoms with Crippen LogP contribution in [0, 0.1) is 0 Å². The Morgan fingerprint density at radius 1 is 0.382 bits per heavy atom. The van der Waals surface area contributed by atoms with Crippen molar-refractivity contribution < 1.29 is 0 Å². The number of fused-ring (bicyclic) bond motifs is 12. The lowest BCUT2D eigenvalue weighted by molar-refractivity contribution is 0.661. The fourth-order valence-electron chi connectivity index (χ4n) is 9.89. The van der Waals surface area contributed by atoms with Crippen LogP contribution in [-0.4, -0.2) is 9.13 Å². The average molecular weight is 701 g/mol. The summed E-state index contributed by atoms with van der Waals surface area (Å²) < 4.78 is 4.93.